The van der Waals surface area contributed by atoms with E-state index in [2.05, 4.69) is 17.4 Å². The summed E-state index contributed by atoms with van der Waals surface area (Å²) in [6, 6.07) is 10.3. The van der Waals surface area contributed by atoms with Gasteiger partial charge in [0.2, 0.25) is 0 Å². The summed E-state index contributed by atoms with van der Waals surface area (Å²) in [5, 5.41) is 15.7. The second-order valence-corrected chi connectivity index (χ2v) is 5.63. The Labute approximate surface area is 126 Å². The summed E-state index contributed by atoms with van der Waals surface area (Å²) < 4.78 is 5.40. The summed E-state index contributed by atoms with van der Waals surface area (Å²) in [5.74, 6) is 0.758. The highest BCUT2D eigenvalue weighted by molar-refractivity contribution is 5.87. The van der Waals surface area contributed by atoms with Crippen LogP contribution in [0, 0.1) is 5.92 Å². The minimum absolute atomic E-state index is 0.113. The van der Waals surface area contributed by atoms with E-state index in [1.54, 1.807) is 0 Å². The van der Waals surface area contributed by atoms with E-state index in [0.717, 1.165) is 31.6 Å². The van der Waals surface area contributed by atoms with E-state index in [1.807, 2.05) is 30.3 Å². The van der Waals surface area contributed by atoms with Gasteiger partial charge in [0.25, 0.3) is 0 Å². The molecule has 0 amide bonds. The number of nitrogens with two attached hydrogens (primary N) is 1. The van der Waals surface area contributed by atoms with Crippen LogP contribution in [-0.4, -0.2) is 36.8 Å². The van der Waals surface area contributed by atoms with Gasteiger partial charge in [-0.25, -0.2) is 0 Å². The molecule has 0 aromatic heterocycles. The first kappa shape index (κ1) is 15.8. The van der Waals surface area contributed by atoms with Crippen LogP contribution in [0.5, 0.6) is 0 Å². The van der Waals surface area contributed by atoms with Gasteiger partial charge >= 0.3 is 0 Å². The predicted molar refractivity (Wildman–Crippen MR) is 83.6 cm³/mol. The molecule has 2 unspecified atom stereocenters. The van der Waals surface area contributed by atoms with Gasteiger partial charge in [-0.15, -0.1) is 0 Å². The smallest absolute Gasteiger partial charge is 0.147 e. The van der Waals surface area contributed by atoms with Crippen molar-refractivity contribution < 1.29 is 9.94 Å². The Bertz CT molecular complexity index is 444. The molecule has 0 saturated carbocycles. The lowest BCUT2D eigenvalue weighted by atomic mass is 9.91. The van der Waals surface area contributed by atoms with E-state index in [0.29, 0.717) is 18.5 Å². The minimum atomic E-state index is -0.113. The van der Waals surface area contributed by atoms with Gasteiger partial charge in [0.1, 0.15) is 5.84 Å². The molecule has 0 aliphatic carbocycles. The van der Waals surface area contributed by atoms with Gasteiger partial charge in [0.15, 0.2) is 0 Å². The highest BCUT2D eigenvalue weighted by Gasteiger charge is 2.23. The molecule has 21 heavy (non-hydrogen) atoms. The lowest BCUT2D eigenvalue weighted by Crippen LogP contribution is -2.41. The topological polar surface area (TPSA) is 79.9 Å². The molecule has 2 atom stereocenters. The zero-order chi connectivity index (χ0) is 15.1. The number of amidine groups is 1. The van der Waals surface area contributed by atoms with E-state index in [9.17, 15) is 0 Å². The van der Waals surface area contributed by atoms with Crippen LogP contribution >= 0.6 is 0 Å². The van der Waals surface area contributed by atoms with Crippen molar-refractivity contribution in [3.05, 3.63) is 35.9 Å². The monoisotopic (exact) mass is 291 g/mol. The standard InChI is InChI=1S/C16H25N3O2/c1-12(13-7-9-21-10-8-13)18-11-15(16(17)19-20)14-5-3-2-4-6-14/h2-6,12-13,15,18,20H,7-11H2,1H3,(H2,17,19). The first-order chi connectivity index (χ1) is 10.2. The molecule has 1 aliphatic heterocycles. The highest BCUT2D eigenvalue weighted by Crippen LogP contribution is 2.20. The molecular formula is C16H25N3O2. The molecule has 1 aromatic rings. The van der Waals surface area contributed by atoms with Crippen molar-refractivity contribution in [3.63, 3.8) is 0 Å². The van der Waals surface area contributed by atoms with E-state index < -0.39 is 0 Å². The summed E-state index contributed by atoms with van der Waals surface area (Å²) in [4.78, 5) is 0. The van der Waals surface area contributed by atoms with Crippen LogP contribution in [0.2, 0.25) is 0 Å². The number of ether oxygens (including phenoxy) is 1. The largest absolute Gasteiger partial charge is 0.409 e. The van der Waals surface area contributed by atoms with Gasteiger partial charge in [-0.3, -0.25) is 0 Å². The molecule has 1 saturated heterocycles. The Kier molecular flexibility index (Phi) is 6.02. The quantitative estimate of drug-likeness (QED) is 0.324. The number of rotatable bonds is 6. The second kappa shape index (κ2) is 8.00. The predicted octanol–water partition coefficient (Wildman–Crippen LogP) is 1.92. The summed E-state index contributed by atoms with van der Waals surface area (Å²) in [5.41, 5.74) is 6.91. The lowest BCUT2D eigenvalue weighted by molar-refractivity contribution is 0.0560. The van der Waals surface area contributed by atoms with E-state index >= 15 is 0 Å². The molecule has 1 aliphatic rings. The van der Waals surface area contributed by atoms with Gasteiger partial charge in [-0.1, -0.05) is 35.5 Å². The van der Waals surface area contributed by atoms with Crippen LogP contribution in [0.3, 0.4) is 0 Å². The Hall–Kier alpha value is -1.59. The number of nitrogens with one attached hydrogen (secondary N) is 1. The molecule has 5 nitrogen and oxygen atoms in total. The first-order valence-corrected chi connectivity index (χ1v) is 7.56. The Morgan fingerprint density at radius 2 is 2.05 bits per heavy atom. The lowest BCUT2D eigenvalue weighted by Gasteiger charge is -2.29. The third kappa shape index (κ3) is 4.44. The maximum atomic E-state index is 9.00. The summed E-state index contributed by atoms with van der Waals surface area (Å²) >= 11 is 0. The minimum Gasteiger partial charge on any atom is -0.409 e. The van der Waals surface area contributed by atoms with Crippen molar-refractivity contribution in [2.24, 2.45) is 16.8 Å². The fourth-order valence-electron chi connectivity index (χ4n) is 2.83. The molecule has 5 heteroatoms. The molecule has 2 rings (SSSR count). The third-order valence-corrected chi connectivity index (χ3v) is 4.29. The van der Waals surface area contributed by atoms with Crippen LogP contribution in [-0.2, 0) is 4.74 Å². The summed E-state index contributed by atoms with van der Waals surface area (Å²) in [6.07, 6.45) is 2.18. The maximum Gasteiger partial charge on any atom is 0.147 e. The second-order valence-electron chi connectivity index (χ2n) is 5.63. The molecule has 0 spiro atoms. The molecule has 1 heterocycles. The molecule has 0 bridgehead atoms. The number of hydrogen-bond donors (Lipinski definition) is 3. The van der Waals surface area contributed by atoms with Gasteiger partial charge in [0, 0.05) is 25.8 Å². The molecule has 1 fully saturated rings. The SMILES string of the molecule is CC(NCC(/C(N)=N/O)c1ccccc1)C1CCOCC1. The number of nitrogens with zero attached hydrogens (tertiary/aromatic N) is 1. The molecular weight excluding hydrogens is 266 g/mol. The Balaban J connectivity index is 1.96. The van der Waals surface area contributed by atoms with Crippen molar-refractivity contribution in [3.8, 4) is 0 Å². The van der Waals surface area contributed by atoms with E-state index in [1.165, 1.54) is 0 Å². The first-order valence-electron chi connectivity index (χ1n) is 7.56. The molecule has 0 radical (unpaired) electrons. The molecule has 4 N–H and O–H groups in total. The van der Waals surface area contributed by atoms with Crippen LogP contribution in [0.15, 0.2) is 35.5 Å². The van der Waals surface area contributed by atoms with Gasteiger partial charge in [-0.2, -0.15) is 0 Å². The molecule has 116 valence electrons. The van der Waals surface area contributed by atoms with Crippen molar-refractivity contribution in [2.75, 3.05) is 19.8 Å². The Morgan fingerprint density at radius 3 is 2.67 bits per heavy atom. The third-order valence-electron chi connectivity index (χ3n) is 4.29. The maximum absolute atomic E-state index is 9.00. The van der Waals surface area contributed by atoms with Gasteiger partial charge < -0.3 is 21.0 Å². The average molecular weight is 291 g/mol. The van der Waals surface area contributed by atoms with Crippen molar-refractivity contribution in [2.45, 2.75) is 31.7 Å². The van der Waals surface area contributed by atoms with Gasteiger partial charge in [0.05, 0.1) is 5.92 Å². The van der Waals surface area contributed by atoms with Crippen LogP contribution in [0.1, 0.15) is 31.2 Å². The van der Waals surface area contributed by atoms with Crippen molar-refractivity contribution in [1.82, 2.24) is 5.32 Å². The van der Waals surface area contributed by atoms with E-state index in [-0.39, 0.29) is 11.8 Å². The molecule has 1 aromatic carbocycles. The van der Waals surface area contributed by atoms with Crippen molar-refractivity contribution >= 4 is 5.84 Å². The summed E-state index contributed by atoms with van der Waals surface area (Å²) in [7, 11) is 0. The number of hydrogen-bond acceptors (Lipinski definition) is 4. The zero-order valence-electron chi connectivity index (χ0n) is 12.5. The highest BCUT2D eigenvalue weighted by atomic mass is 16.5. The van der Waals surface area contributed by atoms with Crippen LogP contribution in [0.4, 0.5) is 0 Å². The van der Waals surface area contributed by atoms with Gasteiger partial charge in [-0.05, 0) is 31.2 Å². The zero-order valence-corrected chi connectivity index (χ0v) is 12.5. The Morgan fingerprint density at radius 1 is 1.38 bits per heavy atom. The van der Waals surface area contributed by atoms with Crippen molar-refractivity contribution in [1.29, 1.82) is 0 Å². The van der Waals surface area contributed by atoms with E-state index in [4.69, 9.17) is 15.7 Å². The summed E-state index contributed by atoms with van der Waals surface area (Å²) in [6.45, 7) is 4.56. The number of benzene rings is 1. The van der Waals surface area contributed by atoms with Crippen LogP contribution < -0.4 is 11.1 Å². The normalized spacial score (nSPS) is 20.1. The number of oxime groups is 1. The average Bonchev–Trinajstić information content (AvgIpc) is 2.56. The fraction of sp³-hybridized carbons (Fsp3) is 0.562. The fourth-order valence-corrected chi connectivity index (χ4v) is 2.83. The van der Waals surface area contributed by atoms with Crippen LogP contribution in [0.25, 0.3) is 0 Å².